The van der Waals surface area contributed by atoms with E-state index in [9.17, 15) is 0 Å². The number of anilines is 2. The van der Waals surface area contributed by atoms with Gasteiger partial charge in [-0.25, -0.2) is 4.98 Å². The highest BCUT2D eigenvalue weighted by Gasteiger charge is 2.07. The smallest absolute Gasteiger partial charge is 0.189 e. The summed E-state index contributed by atoms with van der Waals surface area (Å²) in [6.07, 6.45) is 1.60. The number of hydrazone groups is 1. The number of thiazole rings is 1. The molecule has 1 aromatic carbocycles. The number of hydrogen-bond donors (Lipinski definition) is 3. The van der Waals surface area contributed by atoms with Gasteiger partial charge in [0.1, 0.15) is 0 Å². The number of para-hydroxylation sites is 1. The summed E-state index contributed by atoms with van der Waals surface area (Å²) in [6, 6.07) is 10.0. The molecule has 0 aliphatic rings. The molecule has 116 valence electrons. The number of aromatic nitrogens is 1. The minimum Gasteiger partial charge on any atom is -0.359 e. The Morgan fingerprint density at radius 2 is 2.09 bits per heavy atom. The first-order valence-electron chi connectivity index (χ1n) is 6.62. The highest BCUT2D eigenvalue weighted by atomic mass is 35.5. The maximum absolute atomic E-state index is 6.10. The lowest BCUT2D eigenvalue weighted by atomic mass is 10.3. The fraction of sp³-hybridized carbons (Fsp3) is 0.214. The van der Waals surface area contributed by atoms with Gasteiger partial charge in [-0.2, -0.15) is 5.10 Å². The summed E-state index contributed by atoms with van der Waals surface area (Å²) in [7, 11) is 0. The maximum Gasteiger partial charge on any atom is 0.189 e. The number of nitrogens with one attached hydrogen (secondary N) is 3. The first-order chi connectivity index (χ1) is 10.5. The van der Waals surface area contributed by atoms with Crippen molar-refractivity contribution in [3.8, 4) is 0 Å². The van der Waals surface area contributed by atoms with Crippen LogP contribution in [-0.2, 0) is 0 Å². The molecule has 0 atom stereocenters. The van der Waals surface area contributed by atoms with E-state index in [4.69, 9.17) is 23.8 Å². The molecular weight excluding hydrogens is 338 g/mol. The Morgan fingerprint density at radius 3 is 2.77 bits per heavy atom. The normalized spacial score (nSPS) is 10.9. The molecule has 0 bridgehead atoms. The van der Waals surface area contributed by atoms with Crippen molar-refractivity contribution < 1.29 is 0 Å². The third-order valence-electron chi connectivity index (χ3n) is 2.40. The first-order valence-corrected chi connectivity index (χ1v) is 8.23. The van der Waals surface area contributed by atoms with Gasteiger partial charge in [0.25, 0.3) is 0 Å². The summed E-state index contributed by atoms with van der Waals surface area (Å²) in [5.41, 5.74) is 3.69. The van der Waals surface area contributed by atoms with Crippen LogP contribution in [0.4, 0.5) is 10.8 Å². The van der Waals surface area contributed by atoms with Crippen LogP contribution in [-0.4, -0.2) is 22.4 Å². The average Bonchev–Trinajstić information content (AvgIpc) is 2.79. The van der Waals surface area contributed by atoms with E-state index in [1.807, 2.05) is 44.2 Å². The summed E-state index contributed by atoms with van der Waals surface area (Å²) in [4.78, 5) is 5.01. The second-order valence-corrected chi connectivity index (χ2v) is 6.46. The molecule has 22 heavy (non-hydrogen) atoms. The van der Waals surface area contributed by atoms with Crippen molar-refractivity contribution in [3.63, 3.8) is 0 Å². The monoisotopic (exact) mass is 353 g/mol. The van der Waals surface area contributed by atoms with Crippen molar-refractivity contribution in [1.29, 1.82) is 0 Å². The van der Waals surface area contributed by atoms with Crippen LogP contribution in [0, 0.1) is 0 Å². The third-order valence-corrected chi connectivity index (χ3v) is 3.92. The van der Waals surface area contributed by atoms with Crippen molar-refractivity contribution >= 4 is 57.3 Å². The van der Waals surface area contributed by atoms with Crippen LogP contribution in [0.1, 0.15) is 18.7 Å². The second-order valence-electron chi connectivity index (χ2n) is 4.66. The van der Waals surface area contributed by atoms with Crippen LogP contribution in [0.25, 0.3) is 0 Å². The van der Waals surface area contributed by atoms with E-state index in [1.54, 1.807) is 6.21 Å². The van der Waals surface area contributed by atoms with Gasteiger partial charge in [-0.05, 0) is 38.2 Å². The van der Waals surface area contributed by atoms with Crippen molar-refractivity contribution in [2.75, 3.05) is 5.32 Å². The Morgan fingerprint density at radius 1 is 1.36 bits per heavy atom. The zero-order valence-electron chi connectivity index (χ0n) is 12.1. The van der Waals surface area contributed by atoms with Gasteiger partial charge in [-0.15, -0.1) is 0 Å². The number of nitrogens with zero attached hydrogens (tertiary/aromatic N) is 2. The predicted molar refractivity (Wildman–Crippen MR) is 98.4 cm³/mol. The van der Waals surface area contributed by atoms with E-state index in [1.165, 1.54) is 11.3 Å². The Labute approximate surface area is 143 Å². The molecule has 0 saturated carbocycles. The zero-order valence-corrected chi connectivity index (χ0v) is 14.5. The maximum atomic E-state index is 6.10. The summed E-state index contributed by atoms with van der Waals surface area (Å²) in [5, 5.41) is 11.9. The largest absolute Gasteiger partial charge is 0.359 e. The van der Waals surface area contributed by atoms with E-state index in [0.717, 1.165) is 10.6 Å². The molecule has 2 rings (SSSR count). The molecule has 8 heteroatoms. The molecule has 1 heterocycles. The summed E-state index contributed by atoms with van der Waals surface area (Å²) >= 11 is 12.6. The summed E-state index contributed by atoms with van der Waals surface area (Å²) < 4.78 is 0. The van der Waals surface area contributed by atoms with Gasteiger partial charge < -0.3 is 10.6 Å². The molecule has 0 amide bonds. The second kappa shape index (κ2) is 8.07. The molecule has 0 spiro atoms. The minimum atomic E-state index is 0.254. The quantitative estimate of drug-likeness (QED) is 0.434. The molecule has 1 aromatic heterocycles. The van der Waals surface area contributed by atoms with Gasteiger partial charge in [0.2, 0.25) is 0 Å². The van der Waals surface area contributed by atoms with Crippen LogP contribution in [0.2, 0.25) is 5.15 Å². The van der Waals surface area contributed by atoms with Crippen molar-refractivity contribution in [2.24, 2.45) is 5.10 Å². The number of hydrogen-bond acceptors (Lipinski definition) is 5. The van der Waals surface area contributed by atoms with Crippen molar-refractivity contribution in [1.82, 2.24) is 15.7 Å². The molecule has 0 unspecified atom stereocenters. The van der Waals surface area contributed by atoms with Gasteiger partial charge in [0.05, 0.1) is 11.1 Å². The molecule has 0 aliphatic carbocycles. The molecule has 0 fully saturated rings. The van der Waals surface area contributed by atoms with Gasteiger partial charge >= 0.3 is 0 Å². The Hall–Kier alpha value is -1.70. The van der Waals surface area contributed by atoms with Crippen LogP contribution in [0.15, 0.2) is 35.4 Å². The minimum absolute atomic E-state index is 0.254. The summed E-state index contributed by atoms with van der Waals surface area (Å²) in [6.45, 7) is 4.00. The molecule has 5 nitrogen and oxygen atoms in total. The van der Waals surface area contributed by atoms with Crippen LogP contribution < -0.4 is 16.1 Å². The predicted octanol–water partition coefficient (Wildman–Crippen LogP) is 3.75. The topological polar surface area (TPSA) is 61.3 Å². The standard InChI is InChI=1S/C14H16ClN5S2/c1-9(2)17-13(21)20-16-8-11-12(15)19-14(22-11)18-10-6-4-3-5-7-10/h3-9H,1-2H3,(H,18,19)(H2,17,20,21)/b16-8+. The number of halogens is 1. The first kappa shape index (κ1) is 16.7. The van der Waals surface area contributed by atoms with Gasteiger partial charge in [0.15, 0.2) is 15.4 Å². The van der Waals surface area contributed by atoms with Gasteiger partial charge in [-0.1, -0.05) is 41.1 Å². The number of rotatable bonds is 5. The van der Waals surface area contributed by atoms with Crippen LogP contribution in [0.5, 0.6) is 0 Å². The average molecular weight is 354 g/mol. The van der Waals surface area contributed by atoms with E-state index in [0.29, 0.717) is 15.4 Å². The lowest BCUT2D eigenvalue weighted by Crippen LogP contribution is -2.36. The zero-order chi connectivity index (χ0) is 15.9. The molecular formula is C14H16ClN5S2. The highest BCUT2D eigenvalue weighted by molar-refractivity contribution is 7.80. The van der Waals surface area contributed by atoms with E-state index in [2.05, 4.69) is 26.1 Å². The third kappa shape index (κ3) is 5.25. The van der Waals surface area contributed by atoms with Crippen molar-refractivity contribution in [3.05, 3.63) is 40.4 Å². The van der Waals surface area contributed by atoms with Crippen LogP contribution >= 0.6 is 35.2 Å². The van der Waals surface area contributed by atoms with E-state index >= 15 is 0 Å². The Kier molecular flexibility index (Phi) is 6.11. The molecule has 3 N–H and O–H groups in total. The van der Waals surface area contributed by atoms with Crippen LogP contribution in [0.3, 0.4) is 0 Å². The number of thiocarbonyl (C=S) groups is 1. The lowest BCUT2D eigenvalue weighted by molar-refractivity contribution is 0.720. The highest BCUT2D eigenvalue weighted by Crippen LogP contribution is 2.27. The molecule has 0 saturated heterocycles. The van der Waals surface area contributed by atoms with Gasteiger partial charge in [-0.3, -0.25) is 5.43 Å². The number of benzene rings is 1. The lowest BCUT2D eigenvalue weighted by Gasteiger charge is -2.09. The Bertz CT molecular complexity index is 655. The molecule has 0 radical (unpaired) electrons. The van der Waals surface area contributed by atoms with Gasteiger partial charge in [0, 0.05) is 11.7 Å². The SMILES string of the molecule is CC(C)NC(=S)N/N=C/c1sc(Nc2ccccc2)nc1Cl. The summed E-state index contributed by atoms with van der Waals surface area (Å²) in [5.74, 6) is 0. The fourth-order valence-electron chi connectivity index (χ4n) is 1.54. The van der Waals surface area contributed by atoms with E-state index < -0.39 is 0 Å². The Balaban J connectivity index is 1.96. The van der Waals surface area contributed by atoms with E-state index in [-0.39, 0.29) is 6.04 Å². The molecule has 0 aliphatic heterocycles. The van der Waals surface area contributed by atoms with Crippen molar-refractivity contribution in [2.45, 2.75) is 19.9 Å². The fourth-order valence-corrected chi connectivity index (χ4v) is 2.87. The molecule has 2 aromatic rings.